The average Bonchev–Trinajstić information content (AvgIpc) is 3.14. The minimum absolute atomic E-state index is 0.0135. The number of hydrogen-bond acceptors (Lipinski definition) is 1. The predicted molar refractivity (Wildman–Crippen MR) is 109 cm³/mol. The van der Waals surface area contributed by atoms with Crippen LogP contribution >= 0.6 is 11.6 Å². The molecule has 0 radical (unpaired) electrons. The van der Waals surface area contributed by atoms with Gasteiger partial charge < -0.3 is 14.8 Å². The summed E-state index contributed by atoms with van der Waals surface area (Å²) in [5, 5.41) is 3.55. The zero-order chi connectivity index (χ0) is 18.8. The van der Waals surface area contributed by atoms with Crippen LogP contribution in [0.1, 0.15) is 22.9 Å². The number of nitrogens with one attached hydrogen (secondary N) is 1. The largest absolute Gasteiger partial charge is 0.348 e. The number of rotatable bonds is 3. The van der Waals surface area contributed by atoms with Crippen molar-refractivity contribution in [3.63, 3.8) is 0 Å². The van der Waals surface area contributed by atoms with Gasteiger partial charge in [0.25, 0.3) is 0 Å². The van der Waals surface area contributed by atoms with Gasteiger partial charge in [-0.3, -0.25) is 0 Å². The summed E-state index contributed by atoms with van der Waals surface area (Å²) in [6.07, 6.45) is 2.86. The van der Waals surface area contributed by atoms with Crippen molar-refractivity contribution >= 4 is 23.3 Å². The molecule has 5 heteroatoms. The van der Waals surface area contributed by atoms with E-state index in [9.17, 15) is 4.79 Å². The molecule has 0 aliphatic carbocycles. The maximum Gasteiger partial charge on any atom is 0.322 e. The third-order valence-corrected chi connectivity index (χ3v) is 5.38. The summed E-state index contributed by atoms with van der Waals surface area (Å²) in [4.78, 5) is 15.0. The van der Waals surface area contributed by atoms with E-state index >= 15 is 0 Å². The van der Waals surface area contributed by atoms with Gasteiger partial charge in [-0.25, -0.2) is 4.79 Å². The van der Waals surface area contributed by atoms with Gasteiger partial charge in [0.15, 0.2) is 0 Å². The molecule has 4 nitrogen and oxygen atoms in total. The number of aromatic nitrogens is 1. The summed E-state index contributed by atoms with van der Waals surface area (Å²) in [5.74, 6) is 0. The van der Waals surface area contributed by atoms with E-state index in [0.29, 0.717) is 17.3 Å². The summed E-state index contributed by atoms with van der Waals surface area (Å²) in [5.41, 5.74) is 4.08. The van der Waals surface area contributed by atoms with Gasteiger partial charge in [-0.05, 0) is 48.7 Å². The molecule has 3 aromatic rings. The van der Waals surface area contributed by atoms with Crippen LogP contribution < -0.4 is 5.32 Å². The Labute approximate surface area is 164 Å². The Bertz CT molecular complexity index is 951. The van der Waals surface area contributed by atoms with Gasteiger partial charge in [0.2, 0.25) is 0 Å². The van der Waals surface area contributed by atoms with Crippen molar-refractivity contribution in [2.45, 2.75) is 25.9 Å². The van der Waals surface area contributed by atoms with E-state index in [0.717, 1.165) is 24.2 Å². The third kappa shape index (κ3) is 3.71. The topological polar surface area (TPSA) is 37.3 Å². The summed E-state index contributed by atoms with van der Waals surface area (Å²) in [7, 11) is 0. The normalized spacial score (nSPS) is 16.1. The Kier molecular flexibility index (Phi) is 4.90. The second-order valence-corrected chi connectivity index (χ2v) is 7.35. The molecule has 1 aromatic heterocycles. The van der Waals surface area contributed by atoms with Crippen molar-refractivity contribution in [2.75, 3.05) is 11.9 Å². The minimum Gasteiger partial charge on any atom is -0.348 e. The summed E-state index contributed by atoms with van der Waals surface area (Å²) >= 11 is 6.30. The number of fused-ring (bicyclic) bond motifs is 1. The fourth-order valence-electron chi connectivity index (χ4n) is 3.67. The first-order chi connectivity index (χ1) is 13.1. The van der Waals surface area contributed by atoms with Crippen LogP contribution in [0.3, 0.4) is 0 Å². The fraction of sp³-hybridized carbons (Fsp3) is 0.227. The highest BCUT2D eigenvalue weighted by Gasteiger charge is 2.31. The first-order valence-electron chi connectivity index (χ1n) is 9.14. The number of carbonyl (C=O) groups excluding carboxylic acids is 1. The van der Waals surface area contributed by atoms with E-state index in [1.807, 2.05) is 54.3 Å². The predicted octanol–water partition coefficient (Wildman–Crippen LogP) is 5.28. The Hall–Kier alpha value is -2.72. The zero-order valence-electron chi connectivity index (χ0n) is 15.2. The molecule has 0 fully saturated rings. The van der Waals surface area contributed by atoms with Crippen LogP contribution in [0.5, 0.6) is 0 Å². The van der Waals surface area contributed by atoms with Crippen molar-refractivity contribution in [2.24, 2.45) is 0 Å². The quantitative estimate of drug-likeness (QED) is 0.660. The van der Waals surface area contributed by atoms with Crippen molar-refractivity contribution in [1.29, 1.82) is 0 Å². The van der Waals surface area contributed by atoms with Gasteiger partial charge in [0, 0.05) is 25.0 Å². The van der Waals surface area contributed by atoms with E-state index in [1.54, 1.807) is 0 Å². The fourth-order valence-corrected chi connectivity index (χ4v) is 3.95. The number of anilines is 1. The highest BCUT2D eigenvalue weighted by atomic mass is 35.5. The van der Waals surface area contributed by atoms with Crippen molar-refractivity contribution in [3.05, 3.63) is 88.7 Å². The molecule has 0 bridgehead atoms. The highest BCUT2D eigenvalue weighted by Crippen LogP contribution is 2.31. The second-order valence-electron chi connectivity index (χ2n) is 6.94. The average molecular weight is 380 g/mol. The molecule has 0 saturated carbocycles. The Balaban J connectivity index is 1.60. The standard InChI is InChI=1S/C22H22ClN3O/c1-16-9-10-19(18(23)14-16)24-22(27)26-13-12-25-11-5-8-20(25)21(26)15-17-6-3-2-4-7-17/h2-11,14,21H,12-13,15H2,1H3,(H,24,27). The smallest absolute Gasteiger partial charge is 0.322 e. The molecule has 1 unspecified atom stereocenters. The van der Waals surface area contributed by atoms with Crippen molar-refractivity contribution in [3.8, 4) is 0 Å². The number of nitrogens with zero attached hydrogens (tertiary/aromatic N) is 2. The van der Waals surface area contributed by atoms with Crippen LogP contribution in [0.25, 0.3) is 0 Å². The number of urea groups is 1. The Morgan fingerprint density at radius 3 is 2.70 bits per heavy atom. The molecule has 0 spiro atoms. The molecule has 0 saturated heterocycles. The number of halogens is 1. The summed E-state index contributed by atoms with van der Waals surface area (Å²) < 4.78 is 2.23. The lowest BCUT2D eigenvalue weighted by molar-refractivity contribution is 0.167. The molecule has 2 amide bonds. The molecule has 4 rings (SSSR count). The zero-order valence-corrected chi connectivity index (χ0v) is 16.0. The van der Waals surface area contributed by atoms with Gasteiger partial charge in [0.05, 0.1) is 16.8 Å². The van der Waals surface area contributed by atoms with Crippen LogP contribution in [0.4, 0.5) is 10.5 Å². The number of carbonyl (C=O) groups is 1. The monoisotopic (exact) mass is 379 g/mol. The number of aryl methyl sites for hydroxylation is 1. The van der Waals surface area contributed by atoms with Crippen LogP contribution in [0.2, 0.25) is 5.02 Å². The summed E-state index contributed by atoms with van der Waals surface area (Å²) in [6, 6.07) is 20.0. The molecular formula is C22H22ClN3O. The second kappa shape index (κ2) is 7.49. The highest BCUT2D eigenvalue weighted by molar-refractivity contribution is 6.33. The third-order valence-electron chi connectivity index (χ3n) is 5.06. The molecule has 1 aliphatic rings. The molecule has 2 heterocycles. The molecule has 27 heavy (non-hydrogen) atoms. The molecule has 1 atom stereocenters. The molecule has 1 aliphatic heterocycles. The molecular weight excluding hydrogens is 358 g/mol. The van der Waals surface area contributed by atoms with Crippen LogP contribution in [-0.4, -0.2) is 22.0 Å². The van der Waals surface area contributed by atoms with Gasteiger partial charge >= 0.3 is 6.03 Å². The SMILES string of the molecule is Cc1ccc(NC(=O)N2CCn3cccc3C2Cc2ccccc2)c(Cl)c1. The maximum atomic E-state index is 13.1. The van der Waals surface area contributed by atoms with Gasteiger partial charge in [-0.1, -0.05) is 48.0 Å². The number of benzene rings is 2. The van der Waals surface area contributed by atoms with E-state index in [-0.39, 0.29) is 12.1 Å². The lowest BCUT2D eigenvalue weighted by Crippen LogP contribution is -2.44. The van der Waals surface area contributed by atoms with Crippen molar-refractivity contribution in [1.82, 2.24) is 9.47 Å². The molecule has 2 aromatic carbocycles. The van der Waals surface area contributed by atoms with Crippen LogP contribution in [-0.2, 0) is 13.0 Å². The van der Waals surface area contributed by atoms with E-state index in [4.69, 9.17) is 11.6 Å². The van der Waals surface area contributed by atoms with Crippen LogP contribution in [0, 0.1) is 6.92 Å². The molecule has 138 valence electrons. The van der Waals surface area contributed by atoms with Gasteiger partial charge in [-0.2, -0.15) is 0 Å². The Morgan fingerprint density at radius 2 is 1.93 bits per heavy atom. The maximum absolute atomic E-state index is 13.1. The molecule has 1 N–H and O–H groups in total. The summed E-state index contributed by atoms with van der Waals surface area (Å²) in [6.45, 7) is 3.43. The van der Waals surface area contributed by atoms with E-state index < -0.39 is 0 Å². The van der Waals surface area contributed by atoms with Crippen LogP contribution in [0.15, 0.2) is 66.9 Å². The van der Waals surface area contributed by atoms with E-state index in [1.165, 1.54) is 5.56 Å². The number of amides is 2. The van der Waals surface area contributed by atoms with Gasteiger partial charge in [-0.15, -0.1) is 0 Å². The van der Waals surface area contributed by atoms with Crippen molar-refractivity contribution < 1.29 is 4.79 Å². The van der Waals surface area contributed by atoms with Gasteiger partial charge in [0.1, 0.15) is 0 Å². The van der Waals surface area contributed by atoms with E-state index in [2.05, 4.69) is 34.3 Å². The Morgan fingerprint density at radius 1 is 1.11 bits per heavy atom. The lowest BCUT2D eigenvalue weighted by atomic mass is 10.0. The first kappa shape index (κ1) is 17.7. The first-order valence-corrected chi connectivity index (χ1v) is 9.52. The lowest BCUT2D eigenvalue weighted by Gasteiger charge is -2.37. The minimum atomic E-state index is -0.117. The number of hydrogen-bond donors (Lipinski definition) is 1.